The summed E-state index contributed by atoms with van der Waals surface area (Å²) in [6.07, 6.45) is 2.07. The van der Waals surface area contributed by atoms with Crippen LogP contribution in [0.25, 0.3) is 0 Å². The molecular formula is C18H23NO2. The van der Waals surface area contributed by atoms with E-state index in [-0.39, 0.29) is 0 Å². The Kier molecular flexibility index (Phi) is 6.10. The van der Waals surface area contributed by atoms with Gasteiger partial charge in [-0.3, -0.25) is 0 Å². The highest BCUT2D eigenvalue weighted by molar-refractivity contribution is 5.26. The molecule has 0 aliphatic carbocycles. The minimum absolute atomic E-state index is 0.322. The lowest BCUT2D eigenvalue weighted by atomic mass is 10.1. The van der Waals surface area contributed by atoms with Gasteiger partial charge in [-0.15, -0.1) is 0 Å². The molecule has 2 aromatic carbocycles. The molecule has 0 radical (unpaired) electrons. The number of hydrogen-bond acceptors (Lipinski definition) is 3. The molecule has 1 atom stereocenters. The fourth-order valence-electron chi connectivity index (χ4n) is 2.14. The molecule has 0 bridgehead atoms. The third-order valence-electron chi connectivity index (χ3n) is 3.41. The number of ether oxygens (including phenoxy) is 1. The average Bonchev–Trinajstić information content (AvgIpc) is 2.52. The first-order chi connectivity index (χ1) is 10.2. The maximum Gasteiger partial charge on any atom is 0.119 e. The summed E-state index contributed by atoms with van der Waals surface area (Å²) in [4.78, 5) is 0. The number of hydrogen-bond donors (Lipinski definition) is 2. The first kappa shape index (κ1) is 15.4. The van der Waals surface area contributed by atoms with Gasteiger partial charge < -0.3 is 15.2 Å². The summed E-state index contributed by atoms with van der Waals surface area (Å²) < 4.78 is 5.64. The number of para-hydroxylation sites is 1. The number of benzene rings is 2. The zero-order chi connectivity index (χ0) is 14.9. The maximum absolute atomic E-state index is 9.25. The smallest absolute Gasteiger partial charge is 0.119 e. The van der Waals surface area contributed by atoms with Crippen LogP contribution in [-0.4, -0.2) is 24.3 Å². The molecular weight excluding hydrogens is 262 g/mol. The van der Waals surface area contributed by atoms with Crippen molar-refractivity contribution in [3.63, 3.8) is 0 Å². The Morgan fingerprint density at radius 1 is 1.05 bits per heavy atom. The fourth-order valence-corrected chi connectivity index (χ4v) is 2.14. The monoisotopic (exact) mass is 285 g/mol. The summed E-state index contributed by atoms with van der Waals surface area (Å²) in [5, 5.41) is 12.7. The molecule has 2 aromatic rings. The number of phenolic OH excluding ortho intramolecular Hbond substituents is 1. The van der Waals surface area contributed by atoms with E-state index in [0.29, 0.717) is 18.4 Å². The lowest BCUT2D eigenvalue weighted by Crippen LogP contribution is -2.30. The molecule has 3 nitrogen and oxygen atoms in total. The van der Waals surface area contributed by atoms with Crippen molar-refractivity contribution in [3.8, 4) is 11.5 Å². The zero-order valence-electron chi connectivity index (χ0n) is 12.5. The van der Waals surface area contributed by atoms with Crippen molar-refractivity contribution in [2.24, 2.45) is 0 Å². The van der Waals surface area contributed by atoms with Gasteiger partial charge in [0.15, 0.2) is 0 Å². The van der Waals surface area contributed by atoms with E-state index in [1.54, 1.807) is 12.1 Å². The van der Waals surface area contributed by atoms with Crippen molar-refractivity contribution in [2.75, 3.05) is 13.2 Å². The Balaban J connectivity index is 1.59. The molecule has 0 saturated carbocycles. The molecule has 1 unspecified atom stereocenters. The van der Waals surface area contributed by atoms with Crippen LogP contribution in [0.1, 0.15) is 18.9 Å². The number of aryl methyl sites for hydroxylation is 1. The van der Waals surface area contributed by atoms with E-state index in [2.05, 4.69) is 12.2 Å². The predicted molar refractivity (Wildman–Crippen MR) is 85.8 cm³/mol. The van der Waals surface area contributed by atoms with Crippen molar-refractivity contribution in [1.82, 2.24) is 5.32 Å². The van der Waals surface area contributed by atoms with Crippen LogP contribution in [0.3, 0.4) is 0 Å². The predicted octanol–water partition coefficient (Wildman–Crippen LogP) is 3.38. The van der Waals surface area contributed by atoms with E-state index in [4.69, 9.17) is 4.74 Å². The van der Waals surface area contributed by atoms with Crippen LogP contribution >= 0.6 is 0 Å². The van der Waals surface area contributed by atoms with Crippen LogP contribution in [0.5, 0.6) is 11.5 Å². The van der Waals surface area contributed by atoms with E-state index in [9.17, 15) is 5.11 Å². The van der Waals surface area contributed by atoms with Gasteiger partial charge in [-0.25, -0.2) is 0 Å². The van der Waals surface area contributed by atoms with Gasteiger partial charge in [-0.05, 0) is 49.6 Å². The van der Waals surface area contributed by atoms with Gasteiger partial charge in [0, 0.05) is 12.6 Å². The Morgan fingerprint density at radius 3 is 2.48 bits per heavy atom. The molecule has 112 valence electrons. The maximum atomic E-state index is 9.25. The quantitative estimate of drug-likeness (QED) is 0.731. The van der Waals surface area contributed by atoms with Crippen molar-refractivity contribution < 1.29 is 9.84 Å². The van der Waals surface area contributed by atoms with E-state index >= 15 is 0 Å². The molecule has 0 spiro atoms. The summed E-state index contributed by atoms with van der Waals surface area (Å²) in [7, 11) is 0. The van der Waals surface area contributed by atoms with Crippen molar-refractivity contribution in [1.29, 1.82) is 0 Å². The molecule has 0 aromatic heterocycles. The van der Waals surface area contributed by atoms with Crippen molar-refractivity contribution in [3.05, 3.63) is 60.2 Å². The van der Waals surface area contributed by atoms with Crippen LogP contribution in [0.4, 0.5) is 0 Å². The van der Waals surface area contributed by atoms with Gasteiger partial charge in [0.2, 0.25) is 0 Å². The first-order valence-corrected chi connectivity index (χ1v) is 7.43. The molecule has 0 aliphatic heterocycles. The second-order valence-electron chi connectivity index (χ2n) is 5.22. The largest absolute Gasteiger partial charge is 0.508 e. The van der Waals surface area contributed by atoms with E-state index < -0.39 is 0 Å². The summed E-state index contributed by atoms with van der Waals surface area (Å²) in [5.41, 5.74) is 1.25. The first-order valence-electron chi connectivity index (χ1n) is 7.43. The van der Waals surface area contributed by atoms with Gasteiger partial charge in [0.1, 0.15) is 18.1 Å². The highest BCUT2D eigenvalue weighted by atomic mass is 16.5. The number of aromatic hydroxyl groups is 1. The molecule has 21 heavy (non-hydrogen) atoms. The van der Waals surface area contributed by atoms with Crippen LogP contribution in [0.2, 0.25) is 0 Å². The van der Waals surface area contributed by atoms with Gasteiger partial charge in [0.05, 0.1) is 0 Å². The van der Waals surface area contributed by atoms with Crippen molar-refractivity contribution >= 4 is 0 Å². The standard InChI is InChI=1S/C18H23NO2/c1-15(7-8-16-9-11-17(20)12-10-16)19-13-14-21-18-5-3-2-4-6-18/h2-6,9-12,15,19-20H,7-8,13-14H2,1H3. The summed E-state index contributed by atoms with van der Waals surface area (Å²) in [5.74, 6) is 1.24. The van der Waals surface area contributed by atoms with Gasteiger partial charge in [-0.1, -0.05) is 30.3 Å². The molecule has 0 aliphatic rings. The summed E-state index contributed by atoms with van der Waals surface area (Å²) in [6.45, 7) is 3.70. The Labute approximate surface area is 126 Å². The second-order valence-corrected chi connectivity index (χ2v) is 5.22. The summed E-state index contributed by atoms with van der Waals surface area (Å²) in [6, 6.07) is 17.7. The zero-order valence-corrected chi connectivity index (χ0v) is 12.5. The average molecular weight is 285 g/mol. The van der Waals surface area contributed by atoms with Gasteiger partial charge in [0.25, 0.3) is 0 Å². The summed E-state index contributed by atoms with van der Waals surface area (Å²) >= 11 is 0. The van der Waals surface area contributed by atoms with E-state index in [1.165, 1.54) is 5.56 Å². The second kappa shape index (κ2) is 8.32. The third kappa shape index (κ3) is 5.88. The number of rotatable bonds is 8. The Morgan fingerprint density at radius 2 is 1.76 bits per heavy atom. The SMILES string of the molecule is CC(CCc1ccc(O)cc1)NCCOc1ccccc1. The van der Waals surface area contributed by atoms with Crippen LogP contribution < -0.4 is 10.1 Å². The molecule has 2 N–H and O–H groups in total. The van der Waals surface area contributed by atoms with Crippen LogP contribution in [0, 0.1) is 0 Å². The minimum Gasteiger partial charge on any atom is -0.508 e. The number of nitrogens with one attached hydrogen (secondary N) is 1. The minimum atomic E-state index is 0.322. The van der Waals surface area contributed by atoms with Gasteiger partial charge >= 0.3 is 0 Å². The topological polar surface area (TPSA) is 41.5 Å². The Bertz CT molecular complexity index is 511. The Hall–Kier alpha value is -2.00. The van der Waals surface area contributed by atoms with Gasteiger partial charge in [-0.2, -0.15) is 0 Å². The lowest BCUT2D eigenvalue weighted by molar-refractivity contribution is 0.305. The van der Waals surface area contributed by atoms with Crippen LogP contribution in [0.15, 0.2) is 54.6 Å². The normalized spacial score (nSPS) is 12.0. The highest BCUT2D eigenvalue weighted by Crippen LogP contribution is 2.12. The highest BCUT2D eigenvalue weighted by Gasteiger charge is 2.02. The molecule has 0 heterocycles. The number of phenols is 1. The third-order valence-corrected chi connectivity index (χ3v) is 3.41. The molecule has 0 fully saturated rings. The van der Waals surface area contributed by atoms with Crippen LogP contribution in [-0.2, 0) is 6.42 Å². The van der Waals surface area contributed by atoms with E-state index in [1.807, 2.05) is 42.5 Å². The molecule has 0 saturated heterocycles. The van der Waals surface area contributed by atoms with Crippen molar-refractivity contribution in [2.45, 2.75) is 25.8 Å². The lowest BCUT2D eigenvalue weighted by Gasteiger charge is -2.14. The molecule has 0 amide bonds. The van der Waals surface area contributed by atoms with E-state index in [0.717, 1.165) is 25.1 Å². The molecule has 2 rings (SSSR count). The fraction of sp³-hybridized carbons (Fsp3) is 0.333. The molecule has 3 heteroatoms.